The van der Waals surface area contributed by atoms with Gasteiger partial charge in [-0.05, 0) is 78.3 Å². The van der Waals surface area contributed by atoms with Crippen molar-refractivity contribution >= 4 is 34.3 Å². The normalized spacial score (nSPS) is 46.3. The molecule has 4 aliphatic rings. The number of carbonyl (C=O) groups is 1. The van der Waals surface area contributed by atoms with Gasteiger partial charge in [0.1, 0.15) is 0 Å². The molecule has 2 atom stereocenters. The highest BCUT2D eigenvalue weighted by Gasteiger charge is 2.63. The second-order valence-corrected chi connectivity index (χ2v) is 12.0. The van der Waals surface area contributed by atoms with E-state index in [9.17, 15) is 9.36 Å². The van der Waals surface area contributed by atoms with E-state index in [1.807, 2.05) is 0 Å². The van der Waals surface area contributed by atoms with E-state index in [1.54, 1.807) is 0 Å². The minimum Gasteiger partial charge on any atom is -0.481 e. The van der Waals surface area contributed by atoms with E-state index in [1.165, 1.54) is 0 Å². The van der Waals surface area contributed by atoms with Crippen LogP contribution in [-0.4, -0.2) is 16.2 Å². The molecule has 3 nitrogen and oxygen atoms in total. The Hall–Kier alpha value is 0.280. The lowest BCUT2D eigenvalue weighted by Gasteiger charge is -2.61. The lowest BCUT2D eigenvalue weighted by Crippen LogP contribution is -2.55. The molecule has 4 aliphatic carbocycles. The van der Waals surface area contributed by atoms with Crippen molar-refractivity contribution in [2.45, 2.75) is 50.1 Å². The van der Waals surface area contributed by atoms with Crippen molar-refractivity contribution in [3.8, 4) is 0 Å². The smallest absolute Gasteiger partial charge is 0.303 e. The van der Waals surface area contributed by atoms with Crippen LogP contribution in [0, 0.1) is 17.3 Å². The molecule has 0 spiro atoms. The highest BCUT2D eigenvalue weighted by atomic mass is 35.9. The van der Waals surface area contributed by atoms with Crippen molar-refractivity contribution in [3.63, 3.8) is 0 Å². The topological polar surface area (TPSA) is 54.4 Å². The number of carboxylic acids is 1. The van der Waals surface area contributed by atoms with E-state index in [-0.39, 0.29) is 11.8 Å². The van der Waals surface area contributed by atoms with Gasteiger partial charge in [-0.25, -0.2) is 0 Å². The fourth-order valence-corrected chi connectivity index (χ4v) is 7.88. The molecule has 0 unspecified atom stereocenters. The fraction of sp³-hybridized carbons (Fsp3) is 0.917. The Morgan fingerprint density at radius 3 is 2.22 bits per heavy atom. The molecular weight excluding hydrogens is 294 g/mol. The molecule has 0 aromatic carbocycles. The van der Waals surface area contributed by atoms with E-state index >= 15 is 0 Å². The van der Waals surface area contributed by atoms with Gasteiger partial charge >= 0.3 is 5.97 Å². The Balaban J connectivity index is 1.98. The lowest BCUT2D eigenvalue weighted by molar-refractivity contribution is -0.144. The Labute approximate surface area is 116 Å². The van der Waals surface area contributed by atoms with Crippen molar-refractivity contribution in [1.82, 2.24) is 0 Å². The van der Waals surface area contributed by atoms with Crippen LogP contribution in [0.25, 0.3) is 0 Å². The summed E-state index contributed by atoms with van der Waals surface area (Å²) in [6.45, 7) is 0. The Morgan fingerprint density at radius 2 is 1.78 bits per heavy atom. The molecule has 4 rings (SSSR count). The van der Waals surface area contributed by atoms with Crippen LogP contribution in [0.1, 0.15) is 44.9 Å². The Morgan fingerprint density at radius 1 is 1.22 bits per heavy atom. The maximum atomic E-state index is 12.3. The fourth-order valence-electron chi connectivity index (χ4n) is 5.23. The van der Waals surface area contributed by atoms with Gasteiger partial charge in [0.2, 0.25) is 0 Å². The van der Waals surface area contributed by atoms with E-state index in [0.29, 0.717) is 18.3 Å². The van der Waals surface area contributed by atoms with Crippen LogP contribution in [0.4, 0.5) is 0 Å². The highest BCUT2D eigenvalue weighted by Crippen LogP contribution is 2.79. The second-order valence-electron chi connectivity index (χ2n) is 6.72. The van der Waals surface area contributed by atoms with Crippen molar-refractivity contribution in [2.24, 2.45) is 17.3 Å². The largest absolute Gasteiger partial charge is 0.481 e. The first-order valence-electron chi connectivity index (χ1n) is 6.45. The number of carboxylic acid groups (broad SMARTS) is 1. The van der Waals surface area contributed by atoms with E-state index in [4.69, 9.17) is 27.6 Å². The summed E-state index contributed by atoms with van der Waals surface area (Å²) in [4.78, 5) is 11.1. The number of hydrogen-bond acceptors (Lipinski definition) is 2. The summed E-state index contributed by atoms with van der Waals surface area (Å²) in [6.07, 6.45) is 5.51. The zero-order chi connectivity index (χ0) is 13.2. The van der Waals surface area contributed by atoms with E-state index < -0.39 is 17.0 Å². The first-order chi connectivity index (χ1) is 8.24. The lowest BCUT2D eigenvalue weighted by atomic mass is 9.48. The second kappa shape index (κ2) is 3.90. The van der Waals surface area contributed by atoms with Crippen molar-refractivity contribution in [2.75, 3.05) is 0 Å². The third-order valence-corrected chi connectivity index (χ3v) is 9.01. The number of rotatable bonds is 3. The Kier molecular flexibility index (Phi) is 2.87. The molecule has 6 heteroatoms. The zero-order valence-corrected chi connectivity index (χ0v) is 12.5. The average molecular weight is 311 g/mol. The predicted octanol–water partition coefficient (Wildman–Crippen LogP) is 4.47. The summed E-state index contributed by atoms with van der Waals surface area (Å²) in [6, 6.07) is 0. The molecular formula is C12H17Cl2O3P. The molecule has 4 saturated carbocycles. The van der Waals surface area contributed by atoms with Gasteiger partial charge in [0.05, 0.1) is 11.6 Å². The molecule has 0 aromatic heterocycles. The van der Waals surface area contributed by atoms with E-state index in [0.717, 1.165) is 32.1 Å². The minimum absolute atomic E-state index is 0.176. The standard InChI is InChI=1S/C12H17Cl2O3P/c13-18(14,17)12-4-8-1-9(5-12)3-11(2-8,7-12)6-10(15)16/h8-9H,1-7H2,(H,15,16)/t8-,9-,11?,12?/m1/s1. The Bertz CT molecular complexity index is 431. The van der Waals surface area contributed by atoms with Gasteiger partial charge in [0.25, 0.3) is 5.85 Å². The quantitative estimate of drug-likeness (QED) is 0.782. The third-order valence-electron chi connectivity index (χ3n) is 5.23. The van der Waals surface area contributed by atoms with Crippen LogP contribution in [0.2, 0.25) is 0 Å². The van der Waals surface area contributed by atoms with Crippen LogP contribution in [0.3, 0.4) is 0 Å². The van der Waals surface area contributed by atoms with E-state index in [2.05, 4.69) is 0 Å². The van der Waals surface area contributed by atoms with Gasteiger partial charge < -0.3 is 5.11 Å². The molecule has 0 saturated heterocycles. The average Bonchev–Trinajstić information content (AvgIpc) is 2.10. The minimum atomic E-state index is -3.20. The molecule has 18 heavy (non-hydrogen) atoms. The number of aliphatic carboxylic acids is 1. The molecule has 0 heterocycles. The van der Waals surface area contributed by atoms with Crippen LogP contribution >= 0.6 is 28.3 Å². The summed E-state index contributed by atoms with van der Waals surface area (Å²) >= 11 is 12.1. The number of hydrogen-bond donors (Lipinski definition) is 1. The monoisotopic (exact) mass is 310 g/mol. The van der Waals surface area contributed by atoms with Gasteiger partial charge in [-0.1, -0.05) is 0 Å². The summed E-state index contributed by atoms with van der Waals surface area (Å²) in [7, 11) is 0. The maximum absolute atomic E-state index is 12.3. The van der Waals surface area contributed by atoms with Crippen molar-refractivity contribution in [3.05, 3.63) is 0 Å². The molecule has 4 fully saturated rings. The molecule has 0 radical (unpaired) electrons. The summed E-state index contributed by atoms with van der Waals surface area (Å²) in [5, 5.41) is 8.63. The van der Waals surface area contributed by atoms with Gasteiger partial charge in [-0.15, -0.1) is 0 Å². The number of halogens is 2. The molecule has 102 valence electrons. The van der Waals surface area contributed by atoms with Crippen molar-refractivity contribution in [1.29, 1.82) is 0 Å². The van der Waals surface area contributed by atoms with Crippen molar-refractivity contribution < 1.29 is 14.5 Å². The predicted molar refractivity (Wildman–Crippen MR) is 71.4 cm³/mol. The van der Waals surface area contributed by atoms with Gasteiger partial charge in [-0.2, -0.15) is 0 Å². The molecule has 1 N–H and O–H groups in total. The maximum Gasteiger partial charge on any atom is 0.303 e. The van der Waals surface area contributed by atoms with Gasteiger partial charge in [0.15, 0.2) is 0 Å². The summed E-state index contributed by atoms with van der Waals surface area (Å²) in [5.74, 6) is -3.02. The molecule has 0 aliphatic heterocycles. The SMILES string of the molecule is O=C(O)CC12C[C@H]3C[C@H](C1)CC(P(=O)(Cl)Cl)(C3)C2. The third kappa shape index (κ3) is 1.94. The first-order valence-corrected chi connectivity index (χ1v) is 9.97. The molecule has 0 amide bonds. The van der Waals surface area contributed by atoms with Gasteiger partial charge in [0, 0.05) is 0 Å². The van der Waals surface area contributed by atoms with Crippen LogP contribution in [0.5, 0.6) is 0 Å². The van der Waals surface area contributed by atoms with Crippen LogP contribution in [0.15, 0.2) is 0 Å². The first kappa shape index (κ1) is 13.3. The summed E-state index contributed by atoms with van der Waals surface area (Å²) in [5.41, 5.74) is -0.199. The summed E-state index contributed by atoms with van der Waals surface area (Å²) < 4.78 is 12.3. The van der Waals surface area contributed by atoms with Gasteiger partial charge in [-0.3, -0.25) is 9.36 Å². The van der Waals surface area contributed by atoms with Crippen LogP contribution in [-0.2, 0) is 9.36 Å². The van der Waals surface area contributed by atoms with Crippen LogP contribution < -0.4 is 0 Å². The molecule has 0 aromatic rings. The highest BCUT2D eigenvalue weighted by molar-refractivity contribution is 8.09. The molecule has 4 bridgehead atoms. The zero-order valence-electron chi connectivity index (χ0n) is 10.1.